The van der Waals surface area contributed by atoms with E-state index in [9.17, 15) is 4.79 Å². The number of aryl methyl sites for hydroxylation is 2. The van der Waals surface area contributed by atoms with Crippen LogP contribution in [-0.4, -0.2) is 32.2 Å². The molecule has 2 heterocycles. The van der Waals surface area contributed by atoms with E-state index in [1.54, 1.807) is 0 Å². The molecule has 0 aliphatic rings. The monoisotopic (exact) mass is 326 g/mol. The quantitative estimate of drug-likeness (QED) is 0.670. The summed E-state index contributed by atoms with van der Waals surface area (Å²) in [6.07, 6.45) is 0. The molecule has 0 N–H and O–H groups in total. The number of carbonyl (C=O) groups is 1. The minimum atomic E-state index is -0.594. The van der Waals surface area contributed by atoms with E-state index in [4.69, 9.17) is 9.47 Å². The molecule has 7 nitrogen and oxygen atoms in total. The van der Waals surface area contributed by atoms with Crippen molar-refractivity contribution in [3.63, 3.8) is 0 Å². The highest BCUT2D eigenvalue weighted by Gasteiger charge is 2.17. The van der Waals surface area contributed by atoms with Gasteiger partial charge in [-0.2, -0.15) is 4.98 Å². The van der Waals surface area contributed by atoms with Gasteiger partial charge >= 0.3 is 5.97 Å². The van der Waals surface area contributed by atoms with Crippen molar-refractivity contribution in [2.75, 3.05) is 6.61 Å². The lowest BCUT2D eigenvalue weighted by atomic mass is 10.2. The molecule has 2 aromatic heterocycles. The lowest BCUT2D eigenvalue weighted by Crippen LogP contribution is -2.08. The van der Waals surface area contributed by atoms with Crippen LogP contribution in [0.25, 0.3) is 5.78 Å². The number of rotatable bonds is 5. The van der Waals surface area contributed by atoms with Crippen LogP contribution < -0.4 is 4.74 Å². The third-order valence-electron chi connectivity index (χ3n) is 3.43. The highest BCUT2D eigenvalue weighted by molar-refractivity contribution is 5.85. The molecule has 7 heteroatoms. The Morgan fingerprint density at radius 3 is 2.79 bits per heavy atom. The zero-order valence-electron chi connectivity index (χ0n) is 13.8. The smallest absolute Gasteiger partial charge is 0.378 e. The Morgan fingerprint density at radius 2 is 2.00 bits per heavy atom. The van der Waals surface area contributed by atoms with Crippen molar-refractivity contribution >= 4 is 11.7 Å². The van der Waals surface area contributed by atoms with Crippen LogP contribution in [0.1, 0.15) is 34.5 Å². The molecule has 0 bridgehead atoms. The van der Waals surface area contributed by atoms with E-state index >= 15 is 0 Å². The Bertz CT molecular complexity index is 889. The lowest BCUT2D eigenvalue weighted by molar-refractivity contribution is 0.0455. The van der Waals surface area contributed by atoms with Gasteiger partial charge in [-0.15, -0.1) is 5.10 Å². The highest BCUT2D eigenvalue weighted by Crippen LogP contribution is 2.19. The molecule has 0 saturated heterocycles. The third-order valence-corrected chi connectivity index (χ3v) is 3.43. The Labute approximate surface area is 139 Å². The Balaban J connectivity index is 1.77. The SMILES string of the molecule is CCOc1ccccc1COC(=O)c1nc2nc(C)cc(C)n2n1. The Hall–Kier alpha value is -2.96. The molecule has 0 saturated carbocycles. The predicted octanol–water partition coefficient (Wildman–Crippen LogP) is 2.50. The number of hydrogen-bond acceptors (Lipinski definition) is 6. The standard InChI is InChI=1S/C17H18N4O3/c1-4-23-14-8-6-5-7-13(14)10-24-16(22)15-19-17-18-11(2)9-12(3)21(17)20-15/h5-9H,4,10H2,1-3H3. The molecule has 1 aromatic carbocycles. The molecule has 3 aromatic rings. The zero-order valence-corrected chi connectivity index (χ0v) is 13.8. The molecule has 24 heavy (non-hydrogen) atoms. The zero-order chi connectivity index (χ0) is 17.1. The number of benzene rings is 1. The van der Waals surface area contributed by atoms with Gasteiger partial charge in [0.25, 0.3) is 11.6 Å². The van der Waals surface area contributed by atoms with Gasteiger partial charge in [0.05, 0.1) is 6.61 Å². The fourth-order valence-corrected chi connectivity index (χ4v) is 2.38. The van der Waals surface area contributed by atoms with E-state index in [-0.39, 0.29) is 12.4 Å². The molecule has 124 valence electrons. The van der Waals surface area contributed by atoms with Crippen molar-refractivity contribution in [3.05, 3.63) is 53.1 Å². The molecule has 0 aliphatic heterocycles. The van der Waals surface area contributed by atoms with E-state index in [1.165, 1.54) is 4.52 Å². The lowest BCUT2D eigenvalue weighted by Gasteiger charge is -2.09. The summed E-state index contributed by atoms with van der Waals surface area (Å²) in [5.41, 5.74) is 2.46. The van der Waals surface area contributed by atoms with Gasteiger partial charge in [0.15, 0.2) is 0 Å². The molecular weight excluding hydrogens is 308 g/mol. The molecule has 0 spiro atoms. The maximum absolute atomic E-state index is 12.2. The van der Waals surface area contributed by atoms with E-state index in [1.807, 2.05) is 51.1 Å². The van der Waals surface area contributed by atoms with Gasteiger partial charge in [-0.25, -0.2) is 14.3 Å². The fraction of sp³-hybridized carbons (Fsp3) is 0.294. The van der Waals surface area contributed by atoms with Crippen molar-refractivity contribution < 1.29 is 14.3 Å². The average Bonchev–Trinajstić information content (AvgIpc) is 2.98. The summed E-state index contributed by atoms with van der Waals surface area (Å²) in [7, 11) is 0. The molecule has 3 rings (SSSR count). The predicted molar refractivity (Wildman–Crippen MR) is 87.0 cm³/mol. The second-order valence-corrected chi connectivity index (χ2v) is 5.30. The van der Waals surface area contributed by atoms with Crippen molar-refractivity contribution in [2.45, 2.75) is 27.4 Å². The first-order valence-electron chi connectivity index (χ1n) is 7.67. The number of aromatic nitrogens is 4. The van der Waals surface area contributed by atoms with E-state index < -0.39 is 5.97 Å². The second-order valence-electron chi connectivity index (χ2n) is 5.30. The van der Waals surface area contributed by atoms with E-state index in [2.05, 4.69) is 15.1 Å². The molecule has 0 atom stereocenters. The normalized spacial score (nSPS) is 10.8. The number of para-hydroxylation sites is 1. The van der Waals surface area contributed by atoms with Gasteiger partial charge in [0.2, 0.25) is 0 Å². The number of ether oxygens (including phenoxy) is 2. The number of esters is 1. The minimum absolute atomic E-state index is 0.00917. The molecule has 0 fully saturated rings. The van der Waals surface area contributed by atoms with Gasteiger partial charge < -0.3 is 9.47 Å². The first-order chi connectivity index (χ1) is 11.6. The minimum Gasteiger partial charge on any atom is -0.493 e. The average molecular weight is 326 g/mol. The van der Waals surface area contributed by atoms with E-state index in [0.29, 0.717) is 18.1 Å². The van der Waals surface area contributed by atoms with Gasteiger partial charge in [-0.1, -0.05) is 18.2 Å². The molecule has 0 aliphatic carbocycles. The summed E-state index contributed by atoms with van der Waals surface area (Å²) in [6, 6.07) is 9.30. The number of fused-ring (bicyclic) bond motifs is 1. The molecule has 0 amide bonds. The summed E-state index contributed by atoms with van der Waals surface area (Å²) < 4.78 is 12.4. The van der Waals surface area contributed by atoms with Gasteiger partial charge in [0, 0.05) is 17.0 Å². The maximum Gasteiger partial charge on any atom is 0.378 e. The van der Waals surface area contributed by atoms with Crippen LogP contribution >= 0.6 is 0 Å². The Morgan fingerprint density at radius 1 is 1.21 bits per heavy atom. The van der Waals surface area contributed by atoms with Crippen LogP contribution in [0.2, 0.25) is 0 Å². The van der Waals surface area contributed by atoms with Crippen LogP contribution in [0.4, 0.5) is 0 Å². The molecule has 0 unspecified atom stereocenters. The summed E-state index contributed by atoms with van der Waals surface area (Å²) in [4.78, 5) is 20.6. The maximum atomic E-state index is 12.2. The molecule has 0 radical (unpaired) electrons. The summed E-state index contributed by atoms with van der Waals surface area (Å²) in [5.74, 6) is 0.479. The Kier molecular flexibility index (Phi) is 4.41. The summed E-state index contributed by atoms with van der Waals surface area (Å²) in [6.45, 7) is 6.29. The van der Waals surface area contributed by atoms with Gasteiger partial charge in [-0.3, -0.25) is 0 Å². The number of hydrogen-bond donors (Lipinski definition) is 0. The first kappa shape index (κ1) is 15.9. The highest BCUT2D eigenvalue weighted by atomic mass is 16.5. The van der Waals surface area contributed by atoms with Crippen molar-refractivity contribution in [2.24, 2.45) is 0 Å². The van der Waals surface area contributed by atoms with Crippen molar-refractivity contribution in [1.82, 2.24) is 19.6 Å². The van der Waals surface area contributed by atoms with Gasteiger partial charge in [-0.05, 0) is 32.9 Å². The number of nitrogens with zero attached hydrogens (tertiary/aromatic N) is 4. The van der Waals surface area contributed by atoms with Crippen LogP contribution in [0.5, 0.6) is 5.75 Å². The van der Waals surface area contributed by atoms with Crippen LogP contribution in [-0.2, 0) is 11.3 Å². The third kappa shape index (κ3) is 3.19. The topological polar surface area (TPSA) is 78.6 Å². The summed E-state index contributed by atoms with van der Waals surface area (Å²) >= 11 is 0. The number of carbonyl (C=O) groups excluding carboxylic acids is 1. The molecular formula is C17H18N4O3. The van der Waals surface area contributed by atoms with Crippen LogP contribution in [0, 0.1) is 13.8 Å². The van der Waals surface area contributed by atoms with E-state index in [0.717, 1.165) is 17.0 Å². The van der Waals surface area contributed by atoms with Crippen LogP contribution in [0.3, 0.4) is 0 Å². The second kappa shape index (κ2) is 6.66. The largest absolute Gasteiger partial charge is 0.493 e. The van der Waals surface area contributed by atoms with Gasteiger partial charge in [0.1, 0.15) is 12.4 Å². The van der Waals surface area contributed by atoms with Crippen LogP contribution in [0.15, 0.2) is 30.3 Å². The first-order valence-corrected chi connectivity index (χ1v) is 7.67. The van der Waals surface area contributed by atoms with Crippen molar-refractivity contribution in [3.8, 4) is 5.75 Å². The van der Waals surface area contributed by atoms with Crippen molar-refractivity contribution in [1.29, 1.82) is 0 Å². The fourth-order valence-electron chi connectivity index (χ4n) is 2.38. The summed E-state index contributed by atoms with van der Waals surface area (Å²) in [5, 5.41) is 4.16.